The van der Waals surface area contributed by atoms with Crippen LogP contribution in [-0.4, -0.2) is 66.4 Å². The summed E-state index contributed by atoms with van der Waals surface area (Å²) in [6, 6.07) is 25.9. The van der Waals surface area contributed by atoms with Crippen LogP contribution in [-0.2, 0) is 25.7 Å². The van der Waals surface area contributed by atoms with Crippen LogP contribution < -0.4 is 21.1 Å². The molecular weight excluding hydrogens is 662 g/mol. The largest absolute Gasteiger partial charge is 0.465 e. The number of rotatable bonds is 13. The molecule has 0 radical (unpaired) electrons. The fourth-order valence-corrected chi connectivity index (χ4v) is 6.66. The molecule has 3 aromatic carbocycles. The molecule has 5 rings (SSSR count). The van der Waals surface area contributed by atoms with Gasteiger partial charge in [0.1, 0.15) is 23.4 Å². The van der Waals surface area contributed by atoms with Crippen molar-refractivity contribution in [2.24, 2.45) is 10.7 Å². The average molecular weight is 700 g/mol. The molecule has 1 aromatic heterocycles. The zero-order valence-corrected chi connectivity index (χ0v) is 28.2. The van der Waals surface area contributed by atoms with Crippen molar-refractivity contribution in [3.05, 3.63) is 124 Å². The third kappa shape index (κ3) is 9.39. The first-order valence-corrected chi connectivity index (χ1v) is 17.0. The highest BCUT2D eigenvalue weighted by atomic mass is 32.1. The lowest BCUT2D eigenvalue weighted by Gasteiger charge is -2.33. The Morgan fingerprint density at radius 1 is 0.960 bits per heavy atom. The Morgan fingerprint density at radius 2 is 1.62 bits per heavy atom. The molecule has 4 N–H and O–H groups in total. The molecule has 3 amide bonds. The van der Waals surface area contributed by atoms with Crippen LogP contribution in [0.3, 0.4) is 0 Å². The van der Waals surface area contributed by atoms with Crippen molar-refractivity contribution in [1.29, 1.82) is 0 Å². The number of likely N-dealkylation sites (tertiary alicyclic amines) is 1. The summed E-state index contributed by atoms with van der Waals surface area (Å²) in [7, 11) is 0. The van der Waals surface area contributed by atoms with E-state index in [1.165, 1.54) is 23.5 Å². The summed E-state index contributed by atoms with van der Waals surface area (Å²) >= 11 is 1.24. The van der Waals surface area contributed by atoms with Gasteiger partial charge in [-0.25, -0.2) is 9.18 Å². The van der Waals surface area contributed by atoms with Crippen LogP contribution >= 0.6 is 11.3 Å². The molecule has 1 fully saturated rings. The number of carbonyl (C=O) groups is 4. The molecule has 0 aliphatic carbocycles. The maximum Gasteiger partial charge on any atom is 0.441 e. The number of aliphatic imine (C=N–C) groups is 1. The molecule has 11 nitrogen and oxygen atoms in total. The van der Waals surface area contributed by atoms with Crippen molar-refractivity contribution in [3.8, 4) is 5.75 Å². The predicted molar refractivity (Wildman–Crippen MR) is 187 cm³/mol. The van der Waals surface area contributed by atoms with Gasteiger partial charge in [-0.1, -0.05) is 60.7 Å². The molecule has 0 bridgehead atoms. The first-order valence-electron chi connectivity index (χ1n) is 16.2. The number of ether oxygens (including phenoxy) is 2. The van der Waals surface area contributed by atoms with Crippen LogP contribution in [0.5, 0.6) is 5.75 Å². The smallest absolute Gasteiger partial charge is 0.441 e. The first-order chi connectivity index (χ1) is 24.2. The molecule has 50 heavy (non-hydrogen) atoms. The molecular formula is C37H38FN5O6S. The number of hydrogen-bond acceptors (Lipinski definition) is 8. The van der Waals surface area contributed by atoms with Crippen LogP contribution in [0.2, 0.25) is 0 Å². The second-order valence-electron chi connectivity index (χ2n) is 11.5. The van der Waals surface area contributed by atoms with Crippen molar-refractivity contribution in [1.82, 2.24) is 15.5 Å². The Bertz CT molecular complexity index is 1760. The lowest BCUT2D eigenvalue weighted by molar-refractivity contribution is -0.143. The highest BCUT2D eigenvalue weighted by molar-refractivity contribution is 7.14. The van der Waals surface area contributed by atoms with E-state index in [-0.39, 0.29) is 43.1 Å². The Balaban J connectivity index is 1.28. The van der Waals surface area contributed by atoms with E-state index in [2.05, 4.69) is 15.6 Å². The number of esters is 1. The van der Waals surface area contributed by atoms with E-state index < -0.39 is 35.9 Å². The molecule has 4 aromatic rings. The van der Waals surface area contributed by atoms with Gasteiger partial charge in [0.15, 0.2) is 0 Å². The van der Waals surface area contributed by atoms with Crippen molar-refractivity contribution < 1.29 is 33.0 Å². The molecule has 13 heteroatoms. The average Bonchev–Trinajstić information content (AvgIpc) is 3.82. The topological polar surface area (TPSA) is 152 Å². The second kappa shape index (κ2) is 17.3. The molecule has 1 saturated heterocycles. The molecule has 0 spiro atoms. The van der Waals surface area contributed by atoms with Gasteiger partial charge in [-0.2, -0.15) is 4.99 Å². The highest BCUT2D eigenvalue weighted by Gasteiger charge is 2.40. The highest BCUT2D eigenvalue weighted by Crippen LogP contribution is 2.31. The van der Waals surface area contributed by atoms with Crippen molar-refractivity contribution in [2.75, 3.05) is 19.7 Å². The van der Waals surface area contributed by atoms with Gasteiger partial charge >= 0.3 is 12.1 Å². The maximum absolute atomic E-state index is 14.4. The number of hydrogen-bond donors (Lipinski definition) is 3. The number of nitrogens with two attached hydrogens (primary N) is 1. The van der Waals surface area contributed by atoms with Gasteiger partial charge in [-0.05, 0) is 67.3 Å². The number of nitrogens with one attached hydrogen (secondary N) is 2. The Morgan fingerprint density at radius 3 is 2.26 bits per heavy atom. The van der Waals surface area contributed by atoms with E-state index in [1.807, 2.05) is 60.7 Å². The number of nitrogens with zero attached hydrogens (tertiary/aromatic N) is 2. The Hall–Kier alpha value is -5.40. The number of benzene rings is 3. The number of carbonyl (C=O) groups excluding carboxylic acids is 4. The summed E-state index contributed by atoms with van der Waals surface area (Å²) in [4.78, 5) is 59.2. The van der Waals surface area contributed by atoms with Crippen LogP contribution in [0.25, 0.3) is 0 Å². The SMILES string of the molecule is CCOC(=O)CN[C@@H](C(=O)N1CCC[C@H]1C(=O)NCc1ccc(/C(N)=N/C(=O)Oc2ccc(F)cc2)s1)C(c1ccccc1)c1ccccc1. The Labute approximate surface area is 293 Å². The normalized spacial score (nSPS) is 15.1. The van der Waals surface area contributed by atoms with E-state index >= 15 is 0 Å². The fraction of sp³-hybridized carbons (Fsp3) is 0.270. The summed E-state index contributed by atoms with van der Waals surface area (Å²) in [6.07, 6.45) is 0.162. The maximum atomic E-state index is 14.4. The zero-order chi connectivity index (χ0) is 35.5. The minimum absolute atomic E-state index is 0.0694. The third-order valence-corrected chi connectivity index (χ3v) is 9.22. The summed E-state index contributed by atoms with van der Waals surface area (Å²) in [6.45, 7) is 2.30. The number of halogens is 1. The van der Waals surface area contributed by atoms with E-state index in [0.717, 1.165) is 28.1 Å². The molecule has 1 aliphatic heterocycles. The molecule has 260 valence electrons. The number of thiophene rings is 1. The minimum atomic E-state index is -0.958. The molecule has 0 saturated carbocycles. The van der Waals surface area contributed by atoms with Crippen molar-refractivity contribution in [3.63, 3.8) is 0 Å². The summed E-state index contributed by atoms with van der Waals surface area (Å²) in [5.74, 6) is -1.95. The fourth-order valence-electron chi connectivity index (χ4n) is 5.82. The third-order valence-electron chi connectivity index (χ3n) is 8.11. The van der Waals surface area contributed by atoms with Gasteiger partial charge in [-0.3, -0.25) is 19.7 Å². The molecule has 0 unspecified atom stereocenters. The monoisotopic (exact) mass is 699 g/mol. The predicted octanol–water partition coefficient (Wildman–Crippen LogP) is 4.75. The van der Waals surface area contributed by atoms with Gasteiger partial charge in [0.2, 0.25) is 11.8 Å². The van der Waals surface area contributed by atoms with E-state index in [1.54, 1.807) is 24.0 Å². The Kier molecular flexibility index (Phi) is 12.4. The molecule has 2 heterocycles. The standard InChI is InChI=1S/C37H38FN5O6S/c1-2-48-31(44)23-40-33(32(24-10-5-3-6-11-24)25-12-7-4-8-13-25)36(46)43-21-9-14-29(43)35(45)41-22-28-19-20-30(50-28)34(39)42-37(47)49-27-17-15-26(38)16-18-27/h3-8,10-13,15-20,29,32-33,40H,2,9,14,21-23H2,1H3,(H,41,45)(H2,39,42,47)/t29-,33+/m0/s1. The van der Waals surface area contributed by atoms with Crippen LogP contribution in [0.1, 0.15) is 46.6 Å². The summed E-state index contributed by atoms with van der Waals surface area (Å²) in [5.41, 5.74) is 7.79. The zero-order valence-electron chi connectivity index (χ0n) is 27.4. The lowest BCUT2D eigenvalue weighted by Crippen LogP contribution is -2.55. The van der Waals surface area contributed by atoms with Gasteiger partial charge in [0.25, 0.3) is 0 Å². The summed E-state index contributed by atoms with van der Waals surface area (Å²) < 4.78 is 23.3. The lowest BCUT2D eigenvalue weighted by atomic mass is 9.84. The quantitative estimate of drug-likeness (QED) is 0.103. The second-order valence-corrected chi connectivity index (χ2v) is 12.6. The van der Waals surface area contributed by atoms with Gasteiger partial charge in [-0.15, -0.1) is 11.3 Å². The van der Waals surface area contributed by atoms with Gasteiger partial charge < -0.3 is 25.4 Å². The van der Waals surface area contributed by atoms with Crippen LogP contribution in [0.4, 0.5) is 9.18 Å². The van der Waals surface area contributed by atoms with E-state index in [9.17, 15) is 23.6 Å². The van der Waals surface area contributed by atoms with Gasteiger partial charge in [0.05, 0.1) is 30.6 Å². The van der Waals surface area contributed by atoms with E-state index in [4.69, 9.17) is 15.2 Å². The number of amidine groups is 1. The van der Waals surface area contributed by atoms with Crippen LogP contribution in [0, 0.1) is 5.82 Å². The van der Waals surface area contributed by atoms with E-state index in [0.29, 0.717) is 24.3 Å². The van der Waals surface area contributed by atoms with Crippen molar-refractivity contribution >= 4 is 41.0 Å². The molecule has 1 aliphatic rings. The van der Waals surface area contributed by atoms with Crippen LogP contribution in [0.15, 0.2) is 102 Å². The minimum Gasteiger partial charge on any atom is -0.465 e. The van der Waals surface area contributed by atoms with Crippen molar-refractivity contribution in [2.45, 2.75) is 44.3 Å². The van der Waals surface area contributed by atoms with Gasteiger partial charge in [0, 0.05) is 17.3 Å². The molecule has 2 atom stereocenters. The number of amides is 3. The first kappa shape index (κ1) is 35.9. The summed E-state index contributed by atoms with van der Waals surface area (Å²) in [5, 5.41) is 6.11.